The maximum atomic E-state index is 11.2. The van der Waals surface area contributed by atoms with Gasteiger partial charge in [0.1, 0.15) is 0 Å². The smallest absolute Gasteiger partial charge is 0.238 e. The maximum Gasteiger partial charge on any atom is 0.238 e. The van der Waals surface area contributed by atoms with E-state index in [4.69, 9.17) is 5.14 Å². The third kappa shape index (κ3) is 3.46. The molecule has 19 heavy (non-hydrogen) atoms. The molecule has 3 N–H and O–H groups in total. The number of nitrogens with two attached hydrogens (primary N) is 1. The average molecular weight is 284 g/mol. The molecular weight excluding hydrogens is 264 g/mol. The van der Waals surface area contributed by atoms with Gasteiger partial charge in [0.25, 0.3) is 0 Å². The Bertz CT molecular complexity index is 534. The van der Waals surface area contributed by atoms with E-state index in [1.165, 1.54) is 12.1 Å². The van der Waals surface area contributed by atoms with Gasteiger partial charge in [-0.25, -0.2) is 13.6 Å². The van der Waals surface area contributed by atoms with Crippen molar-refractivity contribution in [2.45, 2.75) is 36.2 Å². The fourth-order valence-electron chi connectivity index (χ4n) is 2.61. The highest BCUT2D eigenvalue weighted by molar-refractivity contribution is 7.89. The van der Waals surface area contributed by atoms with Crippen LogP contribution >= 0.6 is 0 Å². The van der Waals surface area contributed by atoms with Crippen molar-refractivity contribution in [3.05, 3.63) is 24.3 Å². The summed E-state index contributed by atoms with van der Waals surface area (Å²) in [5.74, 6) is 0. The van der Waals surface area contributed by atoms with E-state index < -0.39 is 15.6 Å². The van der Waals surface area contributed by atoms with Gasteiger partial charge in [0, 0.05) is 19.3 Å². The topological polar surface area (TPSA) is 83.6 Å². The van der Waals surface area contributed by atoms with Gasteiger partial charge in [0.15, 0.2) is 0 Å². The molecule has 0 saturated heterocycles. The third-order valence-electron chi connectivity index (χ3n) is 3.67. The first kappa shape index (κ1) is 14.3. The highest BCUT2D eigenvalue weighted by atomic mass is 32.2. The highest BCUT2D eigenvalue weighted by Gasteiger charge is 2.32. The Balaban J connectivity index is 2.09. The molecule has 0 bridgehead atoms. The molecule has 0 atom stereocenters. The minimum Gasteiger partial charge on any atom is -0.388 e. The lowest BCUT2D eigenvalue weighted by Gasteiger charge is -2.30. The minimum absolute atomic E-state index is 0.101. The molecule has 0 heterocycles. The molecule has 0 aliphatic heterocycles. The molecular formula is C13H20N2O3S. The van der Waals surface area contributed by atoms with E-state index in [2.05, 4.69) is 0 Å². The van der Waals surface area contributed by atoms with Crippen LogP contribution in [0.4, 0.5) is 5.69 Å². The summed E-state index contributed by atoms with van der Waals surface area (Å²) in [6.07, 6.45) is 3.78. The second-order valence-corrected chi connectivity index (χ2v) is 6.89. The number of hydrogen-bond donors (Lipinski definition) is 2. The van der Waals surface area contributed by atoms with Gasteiger partial charge < -0.3 is 10.0 Å². The van der Waals surface area contributed by atoms with Crippen molar-refractivity contribution in [2.24, 2.45) is 5.14 Å². The van der Waals surface area contributed by atoms with Crippen LogP contribution in [-0.4, -0.2) is 32.7 Å². The van der Waals surface area contributed by atoms with Crippen LogP contribution in [0, 0.1) is 0 Å². The number of hydrogen-bond acceptors (Lipinski definition) is 4. The summed E-state index contributed by atoms with van der Waals surface area (Å²) < 4.78 is 22.3. The summed E-state index contributed by atoms with van der Waals surface area (Å²) in [6, 6.07) is 6.38. The zero-order valence-electron chi connectivity index (χ0n) is 11.0. The lowest BCUT2D eigenvalue weighted by Crippen LogP contribution is -2.39. The zero-order valence-corrected chi connectivity index (χ0v) is 11.9. The first-order valence-electron chi connectivity index (χ1n) is 6.37. The van der Waals surface area contributed by atoms with E-state index in [-0.39, 0.29) is 4.90 Å². The Labute approximate surface area is 114 Å². The predicted molar refractivity (Wildman–Crippen MR) is 74.5 cm³/mol. The zero-order chi connectivity index (χ0) is 14.1. The molecule has 1 aliphatic rings. The first-order valence-corrected chi connectivity index (χ1v) is 7.91. The lowest BCUT2D eigenvalue weighted by molar-refractivity contribution is 0.0559. The van der Waals surface area contributed by atoms with Gasteiger partial charge in [-0.15, -0.1) is 0 Å². The van der Waals surface area contributed by atoms with Gasteiger partial charge in [-0.3, -0.25) is 0 Å². The normalized spacial score (nSPS) is 18.5. The molecule has 1 saturated carbocycles. The first-order chi connectivity index (χ1) is 8.80. The number of sulfonamides is 1. The molecule has 6 heteroatoms. The molecule has 1 aromatic rings. The van der Waals surface area contributed by atoms with Gasteiger partial charge >= 0.3 is 0 Å². The van der Waals surface area contributed by atoms with Crippen LogP contribution in [0.2, 0.25) is 0 Å². The van der Waals surface area contributed by atoms with Gasteiger partial charge in [0.05, 0.1) is 10.5 Å². The van der Waals surface area contributed by atoms with Crippen molar-refractivity contribution < 1.29 is 13.5 Å². The predicted octanol–water partition coefficient (Wildman–Crippen LogP) is 1.08. The van der Waals surface area contributed by atoms with Gasteiger partial charge in [-0.1, -0.05) is 12.8 Å². The summed E-state index contributed by atoms with van der Waals surface area (Å²) in [5, 5.41) is 15.4. The molecule has 1 aliphatic carbocycles. The number of likely N-dealkylation sites (N-methyl/N-ethyl adjacent to an activating group) is 1. The van der Waals surface area contributed by atoms with Crippen LogP contribution in [0.5, 0.6) is 0 Å². The summed E-state index contributed by atoms with van der Waals surface area (Å²) in [4.78, 5) is 2.04. The molecule has 106 valence electrons. The number of nitrogens with zero attached hydrogens (tertiary/aromatic N) is 1. The van der Waals surface area contributed by atoms with E-state index >= 15 is 0 Å². The summed E-state index contributed by atoms with van der Waals surface area (Å²) >= 11 is 0. The Kier molecular flexibility index (Phi) is 3.85. The van der Waals surface area contributed by atoms with Gasteiger partial charge in [-0.2, -0.15) is 0 Å². The average Bonchev–Trinajstić information content (AvgIpc) is 2.75. The molecule has 2 rings (SSSR count). The molecule has 0 radical (unpaired) electrons. The van der Waals surface area contributed by atoms with E-state index in [0.29, 0.717) is 6.54 Å². The molecule has 1 fully saturated rings. The van der Waals surface area contributed by atoms with Crippen LogP contribution in [0.15, 0.2) is 29.2 Å². The Hall–Kier alpha value is -1.11. The molecule has 0 spiro atoms. The fraction of sp³-hybridized carbons (Fsp3) is 0.538. The second kappa shape index (κ2) is 5.11. The standard InChI is InChI=1S/C13H20N2O3S/c1-15(10-13(16)8-2-3-9-13)11-4-6-12(7-5-11)19(14,17)18/h4-7,16H,2-3,8-10H2,1H3,(H2,14,17,18). The van der Waals surface area contributed by atoms with Crippen LogP contribution in [0.1, 0.15) is 25.7 Å². The summed E-state index contributed by atoms with van der Waals surface area (Å²) in [5.41, 5.74) is 0.251. The van der Waals surface area contributed by atoms with E-state index in [1.54, 1.807) is 12.1 Å². The summed E-state index contributed by atoms with van der Waals surface area (Å²) in [7, 11) is -1.76. The Morgan fingerprint density at radius 1 is 1.26 bits per heavy atom. The number of rotatable bonds is 4. The van der Waals surface area contributed by atoms with Crippen molar-refractivity contribution in [3.8, 4) is 0 Å². The van der Waals surface area contributed by atoms with Crippen molar-refractivity contribution in [1.82, 2.24) is 0 Å². The monoisotopic (exact) mass is 284 g/mol. The molecule has 1 aromatic carbocycles. The van der Waals surface area contributed by atoms with Crippen LogP contribution in [-0.2, 0) is 10.0 Å². The minimum atomic E-state index is -3.65. The highest BCUT2D eigenvalue weighted by Crippen LogP contribution is 2.31. The summed E-state index contributed by atoms with van der Waals surface area (Å²) in [6.45, 7) is 0.557. The second-order valence-electron chi connectivity index (χ2n) is 5.33. The largest absolute Gasteiger partial charge is 0.388 e. The number of aliphatic hydroxyl groups is 1. The molecule has 0 aromatic heterocycles. The van der Waals surface area contributed by atoms with Crippen LogP contribution in [0.3, 0.4) is 0 Å². The molecule has 0 amide bonds. The van der Waals surface area contributed by atoms with Crippen LogP contribution in [0.25, 0.3) is 0 Å². The van der Waals surface area contributed by atoms with Gasteiger partial charge in [0.2, 0.25) is 10.0 Å². The Morgan fingerprint density at radius 3 is 2.26 bits per heavy atom. The van der Waals surface area contributed by atoms with Gasteiger partial charge in [-0.05, 0) is 37.1 Å². The third-order valence-corrected chi connectivity index (χ3v) is 4.60. The van der Waals surface area contributed by atoms with Crippen molar-refractivity contribution in [2.75, 3.05) is 18.5 Å². The maximum absolute atomic E-state index is 11.2. The van der Waals surface area contributed by atoms with E-state index in [0.717, 1.165) is 31.4 Å². The quantitative estimate of drug-likeness (QED) is 0.866. The fourth-order valence-corrected chi connectivity index (χ4v) is 3.13. The van der Waals surface area contributed by atoms with E-state index in [9.17, 15) is 13.5 Å². The molecule has 5 nitrogen and oxygen atoms in total. The number of anilines is 1. The SMILES string of the molecule is CN(CC1(O)CCCC1)c1ccc(S(N)(=O)=O)cc1. The lowest BCUT2D eigenvalue weighted by atomic mass is 10.0. The molecule has 0 unspecified atom stereocenters. The number of primary sulfonamides is 1. The van der Waals surface area contributed by atoms with E-state index in [1.807, 2.05) is 11.9 Å². The van der Waals surface area contributed by atoms with Crippen molar-refractivity contribution in [3.63, 3.8) is 0 Å². The van der Waals surface area contributed by atoms with Crippen LogP contribution < -0.4 is 10.0 Å². The van der Waals surface area contributed by atoms with Crippen molar-refractivity contribution >= 4 is 15.7 Å². The number of benzene rings is 1. The Morgan fingerprint density at radius 2 is 1.79 bits per heavy atom. The van der Waals surface area contributed by atoms with Crippen molar-refractivity contribution in [1.29, 1.82) is 0 Å².